The Bertz CT molecular complexity index is 647. The lowest BCUT2D eigenvalue weighted by atomic mass is 10.1. The predicted octanol–water partition coefficient (Wildman–Crippen LogP) is 2.67. The van der Waals surface area contributed by atoms with E-state index < -0.39 is 0 Å². The third-order valence-electron chi connectivity index (χ3n) is 2.33. The van der Waals surface area contributed by atoms with E-state index in [9.17, 15) is 0 Å². The van der Waals surface area contributed by atoms with Gasteiger partial charge in [0.25, 0.3) is 0 Å². The van der Waals surface area contributed by atoms with Gasteiger partial charge < -0.3 is 0 Å². The van der Waals surface area contributed by atoms with E-state index in [4.69, 9.17) is 11.6 Å². The fourth-order valence-electron chi connectivity index (χ4n) is 1.60. The number of nitrogens with one attached hydrogen (secondary N) is 1. The number of nitrogens with zero attached hydrogens (tertiary/aromatic N) is 3. The molecule has 1 aromatic carbocycles. The molecule has 0 saturated carbocycles. The number of benzene rings is 1. The number of H-pyrrole nitrogens is 1. The maximum Gasteiger partial charge on any atom is 0.200 e. The Morgan fingerprint density at radius 2 is 1.88 bits per heavy atom. The average Bonchev–Trinajstić information content (AvgIpc) is 2.74. The van der Waals surface area contributed by atoms with Crippen LogP contribution in [0, 0.1) is 0 Å². The van der Waals surface area contributed by atoms with E-state index in [2.05, 4.69) is 20.2 Å². The summed E-state index contributed by atoms with van der Waals surface area (Å²) in [5.74, 6) is 0. The van der Waals surface area contributed by atoms with Crippen LogP contribution in [0.5, 0.6) is 0 Å². The van der Waals surface area contributed by atoms with Crippen LogP contribution in [0.4, 0.5) is 0 Å². The largest absolute Gasteiger partial charge is 0.273 e. The smallest absolute Gasteiger partial charge is 0.200 e. The molecule has 0 amide bonds. The van der Waals surface area contributed by atoms with E-state index in [1.54, 1.807) is 12.4 Å². The first kappa shape index (κ1) is 9.30. The second kappa shape index (κ2) is 3.57. The van der Waals surface area contributed by atoms with E-state index in [0.717, 1.165) is 16.8 Å². The maximum absolute atomic E-state index is 6.12. The molecule has 0 bridgehead atoms. The van der Waals surface area contributed by atoms with Crippen LogP contribution in [0.2, 0.25) is 5.02 Å². The number of aromatic amines is 1. The minimum Gasteiger partial charge on any atom is -0.273 e. The van der Waals surface area contributed by atoms with Crippen LogP contribution < -0.4 is 0 Å². The zero-order chi connectivity index (χ0) is 11.0. The van der Waals surface area contributed by atoms with Gasteiger partial charge in [-0.25, -0.2) is 9.97 Å². The summed E-state index contributed by atoms with van der Waals surface area (Å²) in [7, 11) is 0. The number of hydrogen-bond acceptors (Lipinski definition) is 3. The lowest BCUT2D eigenvalue weighted by molar-refractivity contribution is 1.10. The number of fused-ring (bicyclic) bond motifs is 1. The van der Waals surface area contributed by atoms with Crippen molar-refractivity contribution in [2.24, 2.45) is 0 Å². The van der Waals surface area contributed by atoms with Gasteiger partial charge in [0.2, 0.25) is 0 Å². The first-order chi connectivity index (χ1) is 7.86. The standard InChI is InChI=1S/C11H7ClN4/c12-8-4-2-1-3-7(8)9-10-11(16-15-9)14-6-5-13-10/h1-6H,(H,14,15,16). The first-order valence-electron chi connectivity index (χ1n) is 4.76. The van der Waals surface area contributed by atoms with E-state index in [1.165, 1.54) is 0 Å². The Morgan fingerprint density at radius 1 is 1.06 bits per heavy atom. The number of hydrogen-bond donors (Lipinski definition) is 1. The maximum atomic E-state index is 6.12. The summed E-state index contributed by atoms with van der Waals surface area (Å²) < 4.78 is 0. The van der Waals surface area contributed by atoms with E-state index in [-0.39, 0.29) is 0 Å². The summed E-state index contributed by atoms with van der Waals surface area (Å²) in [5.41, 5.74) is 3.01. The van der Waals surface area contributed by atoms with Gasteiger partial charge in [-0.1, -0.05) is 29.8 Å². The molecule has 0 aliphatic heterocycles. The molecule has 78 valence electrons. The van der Waals surface area contributed by atoms with Crippen molar-refractivity contribution in [2.75, 3.05) is 0 Å². The van der Waals surface area contributed by atoms with Crippen LogP contribution in [0.3, 0.4) is 0 Å². The summed E-state index contributed by atoms with van der Waals surface area (Å²) in [6, 6.07) is 7.56. The van der Waals surface area contributed by atoms with Crippen LogP contribution >= 0.6 is 11.6 Å². The lowest BCUT2D eigenvalue weighted by Crippen LogP contribution is -1.82. The Morgan fingerprint density at radius 3 is 2.75 bits per heavy atom. The molecule has 3 aromatic rings. The monoisotopic (exact) mass is 230 g/mol. The molecular weight excluding hydrogens is 224 g/mol. The molecule has 3 rings (SSSR count). The highest BCUT2D eigenvalue weighted by Gasteiger charge is 2.11. The van der Waals surface area contributed by atoms with Crippen LogP contribution in [0.15, 0.2) is 36.7 Å². The topological polar surface area (TPSA) is 54.5 Å². The number of halogens is 1. The number of rotatable bonds is 1. The molecule has 0 unspecified atom stereocenters. The van der Waals surface area contributed by atoms with E-state index in [0.29, 0.717) is 10.7 Å². The van der Waals surface area contributed by atoms with Gasteiger partial charge in [0.1, 0.15) is 5.52 Å². The van der Waals surface area contributed by atoms with Crippen molar-refractivity contribution in [1.82, 2.24) is 20.2 Å². The third-order valence-corrected chi connectivity index (χ3v) is 2.66. The van der Waals surface area contributed by atoms with Crippen LogP contribution in [-0.2, 0) is 0 Å². The molecule has 16 heavy (non-hydrogen) atoms. The highest BCUT2D eigenvalue weighted by molar-refractivity contribution is 6.33. The Balaban J connectivity index is 2.31. The van der Waals surface area contributed by atoms with Crippen molar-refractivity contribution in [1.29, 1.82) is 0 Å². The predicted molar refractivity (Wildman–Crippen MR) is 62.1 cm³/mol. The van der Waals surface area contributed by atoms with Gasteiger partial charge >= 0.3 is 0 Å². The van der Waals surface area contributed by atoms with Gasteiger partial charge in [0.15, 0.2) is 5.65 Å². The van der Waals surface area contributed by atoms with Crippen LogP contribution in [0.1, 0.15) is 0 Å². The summed E-state index contributed by atoms with van der Waals surface area (Å²) in [5, 5.41) is 7.66. The third kappa shape index (κ3) is 1.35. The fourth-order valence-corrected chi connectivity index (χ4v) is 1.83. The van der Waals surface area contributed by atoms with Crippen molar-refractivity contribution in [3.8, 4) is 11.3 Å². The normalized spacial score (nSPS) is 10.8. The van der Waals surface area contributed by atoms with Crippen LogP contribution in [0.25, 0.3) is 22.4 Å². The van der Waals surface area contributed by atoms with Crippen molar-refractivity contribution < 1.29 is 0 Å². The molecule has 0 aliphatic carbocycles. The van der Waals surface area contributed by atoms with Crippen molar-refractivity contribution >= 4 is 22.8 Å². The van der Waals surface area contributed by atoms with Gasteiger partial charge in [-0.15, -0.1) is 0 Å². The Labute approximate surface area is 96.3 Å². The average molecular weight is 231 g/mol. The summed E-state index contributed by atoms with van der Waals surface area (Å²) in [6.45, 7) is 0. The van der Waals surface area contributed by atoms with Crippen LogP contribution in [-0.4, -0.2) is 20.2 Å². The van der Waals surface area contributed by atoms with Gasteiger partial charge in [-0.3, -0.25) is 5.10 Å². The highest BCUT2D eigenvalue weighted by Crippen LogP contribution is 2.29. The summed E-state index contributed by atoms with van der Waals surface area (Å²) in [6.07, 6.45) is 3.25. The first-order valence-corrected chi connectivity index (χ1v) is 5.14. The van der Waals surface area contributed by atoms with E-state index >= 15 is 0 Å². The molecule has 5 heteroatoms. The van der Waals surface area contributed by atoms with Gasteiger partial charge in [-0.2, -0.15) is 5.10 Å². The Kier molecular flexibility index (Phi) is 2.08. The number of aromatic nitrogens is 4. The summed E-state index contributed by atoms with van der Waals surface area (Å²) >= 11 is 6.12. The molecule has 2 heterocycles. The molecule has 0 saturated heterocycles. The molecule has 0 radical (unpaired) electrons. The molecule has 4 nitrogen and oxygen atoms in total. The molecule has 0 fully saturated rings. The molecule has 0 atom stereocenters. The van der Waals surface area contributed by atoms with E-state index in [1.807, 2.05) is 24.3 Å². The highest BCUT2D eigenvalue weighted by atomic mass is 35.5. The van der Waals surface area contributed by atoms with Gasteiger partial charge in [-0.05, 0) is 6.07 Å². The quantitative estimate of drug-likeness (QED) is 0.699. The Hall–Kier alpha value is -1.94. The second-order valence-corrected chi connectivity index (χ2v) is 3.71. The SMILES string of the molecule is Clc1ccccc1-c1[nH]nc2nccnc12. The lowest BCUT2D eigenvalue weighted by Gasteiger charge is -2.00. The summed E-state index contributed by atoms with van der Waals surface area (Å²) in [4.78, 5) is 8.35. The van der Waals surface area contributed by atoms with Gasteiger partial charge in [0.05, 0.1) is 10.7 Å². The second-order valence-electron chi connectivity index (χ2n) is 3.31. The molecule has 1 N–H and O–H groups in total. The molecule has 0 spiro atoms. The molecule has 0 aliphatic rings. The molecular formula is C11H7ClN4. The minimum atomic E-state index is 0.595. The molecule has 2 aromatic heterocycles. The van der Waals surface area contributed by atoms with Gasteiger partial charge in [0, 0.05) is 18.0 Å². The zero-order valence-electron chi connectivity index (χ0n) is 8.18. The van der Waals surface area contributed by atoms with Crippen molar-refractivity contribution in [2.45, 2.75) is 0 Å². The zero-order valence-corrected chi connectivity index (χ0v) is 8.94. The van der Waals surface area contributed by atoms with Crippen molar-refractivity contribution in [3.63, 3.8) is 0 Å². The van der Waals surface area contributed by atoms with Crippen molar-refractivity contribution in [3.05, 3.63) is 41.7 Å². The fraction of sp³-hybridized carbons (Fsp3) is 0. The minimum absolute atomic E-state index is 0.595.